The number of carbonyl (C=O) groups is 1. The molecule has 0 bridgehead atoms. The van der Waals surface area contributed by atoms with Crippen LogP contribution in [0.3, 0.4) is 0 Å². The third kappa shape index (κ3) is 4.23. The minimum absolute atomic E-state index is 0.00498. The van der Waals surface area contributed by atoms with Gasteiger partial charge in [-0.25, -0.2) is 4.98 Å². The molecule has 0 saturated carbocycles. The average molecular weight is 360 g/mol. The van der Waals surface area contributed by atoms with Crippen molar-refractivity contribution in [1.29, 1.82) is 0 Å². The number of benzene rings is 1. The highest BCUT2D eigenvalue weighted by molar-refractivity contribution is 6.33. The molecule has 1 saturated heterocycles. The molecule has 1 aromatic heterocycles. The lowest BCUT2D eigenvalue weighted by atomic mass is 10.1. The van der Waals surface area contributed by atoms with Crippen molar-refractivity contribution in [3.05, 3.63) is 52.7 Å². The predicted molar refractivity (Wildman–Crippen MR) is 99.3 cm³/mol. The number of piperidine rings is 1. The summed E-state index contributed by atoms with van der Waals surface area (Å²) in [6.45, 7) is 2.16. The molecule has 25 heavy (non-hydrogen) atoms. The zero-order valence-electron chi connectivity index (χ0n) is 14.3. The van der Waals surface area contributed by atoms with Crippen molar-refractivity contribution in [2.24, 2.45) is 0 Å². The van der Waals surface area contributed by atoms with Gasteiger partial charge in [-0.3, -0.25) is 4.79 Å². The maximum atomic E-state index is 12.5. The first-order valence-corrected chi connectivity index (χ1v) is 8.87. The third-order valence-electron chi connectivity index (χ3n) is 4.37. The second kappa shape index (κ2) is 8.21. The summed E-state index contributed by atoms with van der Waals surface area (Å²) in [6, 6.07) is 9.46. The van der Waals surface area contributed by atoms with Crippen LogP contribution in [0.15, 0.2) is 36.5 Å². The van der Waals surface area contributed by atoms with E-state index in [0.717, 1.165) is 37.2 Å². The van der Waals surface area contributed by atoms with Gasteiger partial charge in [-0.05, 0) is 31.4 Å². The summed E-state index contributed by atoms with van der Waals surface area (Å²) < 4.78 is 5.34. The van der Waals surface area contributed by atoms with Gasteiger partial charge in [0.15, 0.2) is 0 Å². The Balaban J connectivity index is 1.68. The molecule has 6 heteroatoms. The number of nitrogens with one attached hydrogen (secondary N) is 1. The van der Waals surface area contributed by atoms with Crippen LogP contribution in [0, 0.1) is 0 Å². The third-order valence-corrected chi connectivity index (χ3v) is 4.66. The van der Waals surface area contributed by atoms with Crippen LogP contribution < -0.4 is 10.1 Å². The number of anilines is 1. The summed E-state index contributed by atoms with van der Waals surface area (Å²) in [7, 11) is 1.64. The second-order valence-corrected chi connectivity index (χ2v) is 6.48. The van der Waals surface area contributed by atoms with E-state index in [9.17, 15) is 4.79 Å². The van der Waals surface area contributed by atoms with E-state index in [1.165, 1.54) is 6.42 Å². The molecule has 2 aromatic rings. The molecule has 0 aliphatic carbocycles. The summed E-state index contributed by atoms with van der Waals surface area (Å²) in [5, 5.41) is 3.64. The van der Waals surface area contributed by atoms with E-state index in [4.69, 9.17) is 16.3 Å². The Bertz CT molecular complexity index is 745. The van der Waals surface area contributed by atoms with Crippen molar-refractivity contribution < 1.29 is 9.53 Å². The van der Waals surface area contributed by atoms with Gasteiger partial charge in [0.1, 0.15) is 11.6 Å². The van der Waals surface area contributed by atoms with Crippen LogP contribution in [0.5, 0.6) is 5.75 Å². The predicted octanol–water partition coefficient (Wildman–Crippen LogP) is 3.98. The maximum Gasteiger partial charge on any atom is 0.255 e. The number of rotatable bonds is 5. The number of carbonyl (C=O) groups excluding carboxylic acids is 1. The van der Waals surface area contributed by atoms with Crippen molar-refractivity contribution >= 4 is 23.3 Å². The Morgan fingerprint density at radius 2 is 2.04 bits per heavy atom. The van der Waals surface area contributed by atoms with E-state index in [1.54, 1.807) is 19.4 Å². The fourth-order valence-corrected chi connectivity index (χ4v) is 3.23. The van der Waals surface area contributed by atoms with Crippen LogP contribution >= 0.6 is 11.6 Å². The fourth-order valence-electron chi connectivity index (χ4n) is 2.99. The quantitative estimate of drug-likeness (QED) is 0.877. The Labute approximate surface area is 153 Å². The van der Waals surface area contributed by atoms with Gasteiger partial charge in [-0.1, -0.05) is 29.8 Å². The molecule has 5 nitrogen and oxygen atoms in total. The number of likely N-dealkylation sites (tertiary alicyclic amines) is 1. The number of aromatic nitrogens is 1. The van der Waals surface area contributed by atoms with E-state index < -0.39 is 0 Å². The van der Waals surface area contributed by atoms with Gasteiger partial charge in [-0.2, -0.15) is 0 Å². The topological polar surface area (TPSA) is 54.5 Å². The number of amides is 1. The van der Waals surface area contributed by atoms with Crippen molar-refractivity contribution in [2.75, 3.05) is 25.5 Å². The highest BCUT2D eigenvalue weighted by atomic mass is 35.5. The number of ether oxygens (including phenoxy) is 1. The SMILES string of the molecule is COc1ccccc1CNc1ncc(C(=O)N2CCCCC2)cc1Cl. The normalized spacial score (nSPS) is 14.2. The first-order valence-electron chi connectivity index (χ1n) is 8.49. The fraction of sp³-hybridized carbons (Fsp3) is 0.368. The number of hydrogen-bond donors (Lipinski definition) is 1. The molecule has 2 heterocycles. The van der Waals surface area contributed by atoms with Gasteiger partial charge in [0, 0.05) is 31.4 Å². The van der Waals surface area contributed by atoms with Crippen LogP contribution in [-0.4, -0.2) is 36.0 Å². The molecule has 1 aromatic carbocycles. The molecule has 1 amide bonds. The first kappa shape index (κ1) is 17.5. The van der Waals surface area contributed by atoms with Crippen molar-refractivity contribution in [3.63, 3.8) is 0 Å². The molecule has 0 radical (unpaired) electrons. The van der Waals surface area contributed by atoms with Crippen LogP contribution in [0.1, 0.15) is 35.2 Å². The van der Waals surface area contributed by atoms with E-state index in [2.05, 4.69) is 10.3 Å². The van der Waals surface area contributed by atoms with Gasteiger partial charge in [0.25, 0.3) is 5.91 Å². The molecule has 3 rings (SSSR count). The molecule has 0 atom stereocenters. The molecule has 132 valence electrons. The summed E-state index contributed by atoms with van der Waals surface area (Å²) in [4.78, 5) is 18.7. The van der Waals surface area contributed by atoms with Crippen molar-refractivity contribution in [1.82, 2.24) is 9.88 Å². The summed E-state index contributed by atoms with van der Waals surface area (Å²) in [5.74, 6) is 1.37. The number of nitrogens with zero attached hydrogens (tertiary/aromatic N) is 2. The molecule has 1 aliphatic heterocycles. The van der Waals surface area contributed by atoms with Gasteiger partial charge in [0.05, 0.1) is 17.7 Å². The van der Waals surface area contributed by atoms with E-state index in [-0.39, 0.29) is 5.91 Å². The Kier molecular flexibility index (Phi) is 5.76. The van der Waals surface area contributed by atoms with Crippen LogP contribution in [-0.2, 0) is 6.54 Å². The van der Waals surface area contributed by atoms with Crippen LogP contribution in [0.4, 0.5) is 5.82 Å². The number of methoxy groups -OCH3 is 1. The van der Waals surface area contributed by atoms with Crippen LogP contribution in [0.25, 0.3) is 0 Å². The molecule has 0 unspecified atom stereocenters. The molecular formula is C19H22ClN3O2. The molecule has 1 aliphatic rings. The standard InChI is InChI=1S/C19H22ClN3O2/c1-25-17-8-4-3-7-14(17)12-21-18-16(20)11-15(13-22-18)19(24)23-9-5-2-6-10-23/h3-4,7-8,11,13H,2,5-6,9-10,12H2,1H3,(H,21,22). The molecule has 1 fully saturated rings. The zero-order chi connectivity index (χ0) is 17.6. The Hall–Kier alpha value is -2.27. The minimum atomic E-state index is 0.00498. The van der Waals surface area contributed by atoms with Gasteiger partial charge >= 0.3 is 0 Å². The lowest BCUT2D eigenvalue weighted by Gasteiger charge is -2.26. The van der Waals surface area contributed by atoms with Gasteiger partial charge in [0.2, 0.25) is 0 Å². The van der Waals surface area contributed by atoms with Crippen LogP contribution in [0.2, 0.25) is 5.02 Å². The number of para-hydroxylation sites is 1. The number of hydrogen-bond acceptors (Lipinski definition) is 4. The van der Waals surface area contributed by atoms with E-state index in [0.29, 0.717) is 22.9 Å². The molecule has 1 N–H and O–H groups in total. The maximum absolute atomic E-state index is 12.5. The average Bonchev–Trinajstić information content (AvgIpc) is 2.67. The lowest BCUT2D eigenvalue weighted by Crippen LogP contribution is -2.35. The number of pyridine rings is 1. The van der Waals surface area contributed by atoms with Crippen molar-refractivity contribution in [3.8, 4) is 5.75 Å². The highest BCUT2D eigenvalue weighted by Gasteiger charge is 2.19. The first-order chi connectivity index (χ1) is 12.2. The summed E-state index contributed by atoms with van der Waals surface area (Å²) >= 11 is 6.33. The summed E-state index contributed by atoms with van der Waals surface area (Å²) in [5.41, 5.74) is 1.55. The van der Waals surface area contributed by atoms with Gasteiger partial charge in [-0.15, -0.1) is 0 Å². The minimum Gasteiger partial charge on any atom is -0.496 e. The Morgan fingerprint density at radius 3 is 2.76 bits per heavy atom. The van der Waals surface area contributed by atoms with E-state index >= 15 is 0 Å². The Morgan fingerprint density at radius 1 is 1.28 bits per heavy atom. The highest BCUT2D eigenvalue weighted by Crippen LogP contribution is 2.24. The van der Waals surface area contributed by atoms with Gasteiger partial charge < -0.3 is 15.0 Å². The largest absolute Gasteiger partial charge is 0.496 e. The smallest absolute Gasteiger partial charge is 0.255 e. The molecule has 0 spiro atoms. The van der Waals surface area contributed by atoms with Crippen molar-refractivity contribution in [2.45, 2.75) is 25.8 Å². The number of halogens is 1. The lowest BCUT2D eigenvalue weighted by molar-refractivity contribution is 0.0724. The zero-order valence-corrected chi connectivity index (χ0v) is 15.1. The molecular weight excluding hydrogens is 338 g/mol. The monoisotopic (exact) mass is 359 g/mol. The second-order valence-electron chi connectivity index (χ2n) is 6.07. The summed E-state index contributed by atoms with van der Waals surface area (Å²) in [6.07, 6.45) is 4.90. The van der Waals surface area contributed by atoms with E-state index in [1.807, 2.05) is 29.2 Å².